The number of epoxide rings is 1. The summed E-state index contributed by atoms with van der Waals surface area (Å²) in [5.41, 5.74) is 0.752. The van der Waals surface area contributed by atoms with E-state index in [4.69, 9.17) is 9.47 Å². The highest BCUT2D eigenvalue weighted by atomic mass is 16.6. The Hall–Kier alpha value is -0.830. The van der Waals surface area contributed by atoms with Crippen LogP contribution in [-0.2, 0) is 14.3 Å². The molecule has 4 rings (SSSR count). The molecule has 0 unspecified atom stereocenters. The second-order valence-corrected chi connectivity index (χ2v) is 6.86. The highest BCUT2D eigenvalue weighted by Gasteiger charge is 2.76. The van der Waals surface area contributed by atoms with Crippen LogP contribution in [0.4, 0.5) is 0 Å². The van der Waals surface area contributed by atoms with E-state index in [1.165, 1.54) is 12.8 Å². The third-order valence-electron chi connectivity index (χ3n) is 6.02. The Kier molecular flexibility index (Phi) is 1.84. The van der Waals surface area contributed by atoms with Crippen molar-refractivity contribution >= 4 is 5.97 Å². The third-order valence-corrected chi connectivity index (χ3v) is 6.02. The summed E-state index contributed by atoms with van der Waals surface area (Å²) >= 11 is 0. The Bertz CT molecular complexity index is 457. The minimum atomic E-state index is -0.188. The summed E-state index contributed by atoms with van der Waals surface area (Å²) < 4.78 is 11.7. The predicted molar refractivity (Wildman–Crippen MR) is 65.9 cm³/mol. The molecule has 0 aromatic carbocycles. The minimum Gasteiger partial charge on any atom is -0.458 e. The van der Waals surface area contributed by atoms with Crippen molar-refractivity contribution in [2.45, 2.75) is 56.8 Å². The fourth-order valence-corrected chi connectivity index (χ4v) is 4.92. The molecule has 18 heavy (non-hydrogen) atoms. The predicted octanol–water partition coefficient (Wildman–Crippen LogP) is 2.45. The van der Waals surface area contributed by atoms with Gasteiger partial charge in [0.05, 0.1) is 5.60 Å². The van der Waals surface area contributed by atoms with Crippen LogP contribution in [0.25, 0.3) is 0 Å². The van der Waals surface area contributed by atoms with Gasteiger partial charge in [0.15, 0.2) is 0 Å². The highest BCUT2D eigenvalue weighted by molar-refractivity contribution is 5.90. The lowest BCUT2D eigenvalue weighted by Gasteiger charge is -2.24. The number of carbonyl (C=O) groups excluding carboxylic acids is 1. The first-order valence-electron chi connectivity index (χ1n) is 7.07. The molecule has 6 atom stereocenters. The first-order valence-corrected chi connectivity index (χ1v) is 7.07. The van der Waals surface area contributed by atoms with Gasteiger partial charge >= 0.3 is 5.97 Å². The van der Waals surface area contributed by atoms with Crippen molar-refractivity contribution in [3.05, 3.63) is 12.2 Å². The van der Waals surface area contributed by atoms with Gasteiger partial charge in [-0.05, 0) is 44.4 Å². The van der Waals surface area contributed by atoms with Crippen molar-refractivity contribution in [2.75, 3.05) is 0 Å². The molecular weight excluding hydrogens is 228 g/mol. The lowest BCUT2D eigenvalue weighted by Crippen LogP contribution is -2.29. The van der Waals surface area contributed by atoms with Crippen LogP contribution in [0.15, 0.2) is 12.2 Å². The van der Waals surface area contributed by atoms with Crippen LogP contribution in [0.5, 0.6) is 0 Å². The maximum Gasteiger partial charge on any atom is 0.334 e. The van der Waals surface area contributed by atoms with Gasteiger partial charge < -0.3 is 9.47 Å². The first kappa shape index (κ1) is 11.0. The van der Waals surface area contributed by atoms with E-state index in [0.717, 1.165) is 12.8 Å². The average molecular weight is 248 g/mol. The SMILES string of the molecule is C=C1C(=O)O[C@H]2C[C@H](C)[C@H]3CC[C@@]4(C)O[C@@]34C[C@H]12. The second-order valence-electron chi connectivity index (χ2n) is 6.86. The maximum atomic E-state index is 11.7. The number of esters is 1. The van der Waals surface area contributed by atoms with E-state index in [1.807, 2.05) is 0 Å². The number of rotatable bonds is 0. The zero-order valence-corrected chi connectivity index (χ0v) is 11.1. The van der Waals surface area contributed by atoms with Crippen LogP contribution in [0.3, 0.4) is 0 Å². The van der Waals surface area contributed by atoms with Gasteiger partial charge in [-0.3, -0.25) is 0 Å². The van der Waals surface area contributed by atoms with E-state index in [0.29, 0.717) is 17.4 Å². The Morgan fingerprint density at radius 1 is 1.44 bits per heavy atom. The Labute approximate surface area is 108 Å². The molecule has 2 aliphatic carbocycles. The number of hydrogen-bond donors (Lipinski definition) is 0. The van der Waals surface area contributed by atoms with Crippen LogP contribution in [0.2, 0.25) is 0 Å². The van der Waals surface area contributed by atoms with Gasteiger partial charge in [-0.25, -0.2) is 4.79 Å². The normalized spacial score (nSPS) is 57.4. The highest BCUT2D eigenvalue weighted by Crippen LogP contribution is 2.69. The van der Waals surface area contributed by atoms with E-state index in [9.17, 15) is 4.79 Å². The molecule has 4 aliphatic rings. The van der Waals surface area contributed by atoms with Crippen LogP contribution < -0.4 is 0 Å². The smallest absolute Gasteiger partial charge is 0.334 e. The van der Waals surface area contributed by atoms with Crippen molar-refractivity contribution in [1.82, 2.24) is 0 Å². The molecule has 98 valence electrons. The monoisotopic (exact) mass is 248 g/mol. The van der Waals surface area contributed by atoms with Crippen LogP contribution >= 0.6 is 0 Å². The van der Waals surface area contributed by atoms with Gasteiger partial charge in [-0.2, -0.15) is 0 Å². The first-order chi connectivity index (χ1) is 8.47. The summed E-state index contributed by atoms with van der Waals surface area (Å²) in [6, 6.07) is 0. The lowest BCUT2D eigenvalue weighted by molar-refractivity contribution is -0.139. The maximum absolute atomic E-state index is 11.7. The fraction of sp³-hybridized carbons (Fsp3) is 0.800. The zero-order chi connectivity index (χ0) is 12.7. The topological polar surface area (TPSA) is 38.8 Å². The molecule has 2 saturated carbocycles. The second kappa shape index (κ2) is 3.01. The van der Waals surface area contributed by atoms with Crippen LogP contribution in [0, 0.1) is 17.8 Å². The van der Waals surface area contributed by atoms with E-state index < -0.39 is 0 Å². The molecule has 3 heteroatoms. The lowest BCUT2D eigenvalue weighted by atomic mass is 9.79. The van der Waals surface area contributed by atoms with Crippen molar-refractivity contribution in [3.63, 3.8) is 0 Å². The van der Waals surface area contributed by atoms with Gasteiger partial charge in [-0.15, -0.1) is 0 Å². The number of carbonyl (C=O) groups is 1. The van der Waals surface area contributed by atoms with Crippen LogP contribution in [-0.4, -0.2) is 23.3 Å². The zero-order valence-electron chi connectivity index (χ0n) is 11.1. The standard InChI is InChI=1S/C15H20O3/c1-8-6-12-10(9(2)13(16)17-12)7-15-11(8)4-5-14(15,3)18-15/h8,10-12H,2,4-7H2,1,3H3/t8-,10+,11+,12-,14+,15-/m0/s1. The number of hydrogen-bond acceptors (Lipinski definition) is 3. The third kappa shape index (κ3) is 1.08. The molecule has 0 aromatic heterocycles. The van der Waals surface area contributed by atoms with Gasteiger partial charge in [0.2, 0.25) is 0 Å². The van der Waals surface area contributed by atoms with E-state index in [-0.39, 0.29) is 29.2 Å². The molecule has 0 radical (unpaired) electrons. The quantitative estimate of drug-likeness (QED) is 0.375. The number of ether oxygens (including phenoxy) is 2. The molecule has 2 saturated heterocycles. The molecule has 3 nitrogen and oxygen atoms in total. The minimum absolute atomic E-state index is 0.0166. The summed E-state index contributed by atoms with van der Waals surface area (Å²) in [5, 5.41) is 0. The Morgan fingerprint density at radius 2 is 2.22 bits per heavy atom. The summed E-state index contributed by atoms with van der Waals surface area (Å²) in [7, 11) is 0. The van der Waals surface area contributed by atoms with Gasteiger partial charge in [0.25, 0.3) is 0 Å². The van der Waals surface area contributed by atoms with Crippen molar-refractivity contribution < 1.29 is 14.3 Å². The summed E-state index contributed by atoms with van der Waals surface area (Å²) in [4.78, 5) is 11.7. The van der Waals surface area contributed by atoms with E-state index in [2.05, 4.69) is 20.4 Å². The number of fused-ring (bicyclic) bond motifs is 1. The van der Waals surface area contributed by atoms with Crippen molar-refractivity contribution in [2.24, 2.45) is 17.8 Å². The molecule has 1 spiro atoms. The van der Waals surface area contributed by atoms with Gasteiger partial charge in [0, 0.05) is 11.5 Å². The van der Waals surface area contributed by atoms with Crippen molar-refractivity contribution in [3.8, 4) is 0 Å². The molecule has 0 amide bonds. The molecule has 0 N–H and O–H groups in total. The van der Waals surface area contributed by atoms with Gasteiger partial charge in [-0.1, -0.05) is 13.5 Å². The van der Waals surface area contributed by atoms with Gasteiger partial charge in [0.1, 0.15) is 11.7 Å². The average Bonchev–Trinajstić information content (AvgIpc) is 2.72. The van der Waals surface area contributed by atoms with E-state index >= 15 is 0 Å². The van der Waals surface area contributed by atoms with E-state index in [1.54, 1.807) is 0 Å². The molecule has 4 fully saturated rings. The Balaban J connectivity index is 1.73. The summed E-state index contributed by atoms with van der Waals surface area (Å²) in [6.45, 7) is 8.47. The molecular formula is C15H20O3. The fourth-order valence-electron chi connectivity index (χ4n) is 4.92. The Morgan fingerprint density at radius 3 is 2.94 bits per heavy atom. The van der Waals surface area contributed by atoms with Crippen LogP contribution in [0.1, 0.15) is 39.5 Å². The molecule has 2 aliphatic heterocycles. The molecule has 2 heterocycles. The largest absolute Gasteiger partial charge is 0.458 e. The molecule has 0 bridgehead atoms. The van der Waals surface area contributed by atoms with Crippen molar-refractivity contribution in [1.29, 1.82) is 0 Å². The summed E-state index contributed by atoms with van der Waals surface area (Å²) in [5.74, 6) is 1.21. The summed E-state index contributed by atoms with van der Waals surface area (Å²) in [6.07, 6.45) is 4.39. The molecule has 0 aromatic rings.